The lowest BCUT2D eigenvalue weighted by molar-refractivity contribution is 0.0183. The van der Waals surface area contributed by atoms with Crippen molar-refractivity contribution in [2.75, 3.05) is 6.61 Å². The second kappa shape index (κ2) is 6.45. The second-order valence-corrected chi connectivity index (χ2v) is 4.54. The molecule has 0 aliphatic heterocycles. The third-order valence-electron chi connectivity index (χ3n) is 2.77. The van der Waals surface area contributed by atoms with Crippen LogP contribution in [0.3, 0.4) is 0 Å². The predicted octanol–water partition coefficient (Wildman–Crippen LogP) is 1.47. The molecule has 0 saturated carbocycles. The van der Waals surface area contributed by atoms with E-state index >= 15 is 0 Å². The second-order valence-electron chi connectivity index (χ2n) is 4.54. The molecule has 0 aliphatic carbocycles. The number of hydrogen-bond donors (Lipinski definition) is 1. The SMILES string of the molecule is Cc1nc(C)n(C[C@H](O)COCc2ccccc2)n1. The van der Waals surface area contributed by atoms with E-state index in [4.69, 9.17) is 4.74 Å². The predicted molar refractivity (Wildman–Crippen MR) is 71.6 cm³/mol. The number of rotatable bonds is 6. The molecule has 5 nitrogen and oxygen atoms in total. The molecule has 0 aliphatic rings. The van der Waals surface area contributed by atoms with E-state index in [2.05, 4.69) is 10.1 Å². The summed E-state index contributed by atoms with van der Waals surface area (Å²) < 4.78 is 7.19. The fraction of sp³-hybridized carbons (Fsp3) is 0.429. The summed E-state index contributed by atoms with van der Waals surface area (Å²) in [6, 6.07) is 9.90. The Kier molecular flexibility index (Phi) is 4.65. The van der Waals surface area contributed by atoms with Crippen molar-refractivity contribution in [1.29, 1.82) is 0 Å². The van der Waals surface area contributed by atoms with Crippen LogP contribution >= 0.6 is 0 Å². The normalized spacial score (nSPS) is 12.6. The summed E-state index contributed by atoms with van der Waals surface area (Å²) in [5.41, 5.74) is 1.10. The fourth-order valence-corrected chi connectivity index (χ4v) is 1.87. The Bertz CT molecular complexity index is 511. The molecule has 1 atom stereocenters. The molecule has 2 rings (SSSR count). The monoisotopic (exact) mass is 261 g/mol. The molecule has 2 aromatic rings. The minimum Gasteiger partial charge on any atom is -0.389 e. The van der Waals surface area contributed by atoms with Gasteiger partial charge in [-0.1, -0.05) is 30.3 Å². The van der Waals surface area contributed by atoms with E-state index in [1.165, 1.54) is 0 Å². The molecule has 1 heterocycles. The van der Waals surface area contributed by atoms with Crippen molar-refractivity contribution < 1.29 is 9.84 Å². The van der Waals surface area contributed by atoms with Crippen molar-refractivity contribution in [3.63, 3.8) is 0 Å². The topological polar surface area (TPSA) is 60.2 Å². The summed E-state index contributed by atoms with van der Waals surface area (Å²) in [6.45, 7) is 4.90. The largest absolute Gasteiger partial charge is 0.389 e. The zero-order chi connectivity index (χ0) is 13.7. The molecular weight excluding hydrogens is 242 g/mol. The number of aromatic nitrogens is 3. The van der Waals surface area contributed by atoms with Gasteiger partial charge in [-0.2, -0.15) is 5.10 Å². The van der Waals surface area contributed by atoms with Crippen LogP contribution in [0.5, 0.6) is 0 Å². The number of aryl methyl sites for hydroxylation is 2. The first-order valence-corrected chi connectivity index (χ1v) is 6.33. The molecule has 1 aromatic heterocycles. The maximum absolute atomic E-state index is 9.90. The lowest BCUT2D eigenvalue weighted by Gasteiger charge is -2.12. The molecule has 0 amide bonds. The first-order chi connectivity index (χ1) is 9.15. The fourth-order valence-electron chi connectivity index (χ4n) is 1.87. The van der Waals surface area contributed by atoms with Crippen molar-refractivity contribution in [3.8, 4) is 0 Å². The van der Waals surface area contributed by atoms with Crippen molar-refractivity contribution in [2.45, 2.75) is 33.1 Å². The summed E-state index contributed by atoms with van der Waals surface area (Å²) in [5.74, 6) is 1.52. The Labute approximate surface area is 112 Å². The molecule has 102 valence electrons. The third-order valence-corrected chi connectivity index (χ3v) is 2.77. The Morgan fingerprint density at radius 2 is 2.00 bits per heavy atom. The molecule has 0 unspecified atom stereocenters. The molecule has 1 aromatic carbocycles. The molecule has 19 heavy (non-hydrogen) atoms. The van der Waals surface area contributed by atoms with E-state index in [0.29, 0.717) is 13.2 Å². The van der Waals surface area contributed by atoms with Crippen LogP contribution in [0.4, 0.5) is 0 Å². The quantitative estimate of drug-likeness (QED) is 0.855. The zero-order valence-corrected chi connectivity index (χ0v) is 11.3. The van der Waals surface area contributed by atoms with Gasteiger partial charge in [-0.15, -0.1) is 0 Å². The highest BCUT2D eigenvalue weighted by molar-refractivity contribution is 5.13. The third kappa shape index (κ3) is 4.15. The van der Waals surface area contributed by atoms with Crippen LogP contribution in [0.25, 0.3) is 0 Å². The van der Waals surface area contributed by atoms with Crippen molar-refractivity contribution in [2.24, 2.45) is 0 Å². The van der Waals surface area contributed by atoms with Crippen molar-refractivity contribution in [3.05, 3.63) is 47.5 Å². The average Bonchev–Trinajstić information content (AvgIpc) is 2.69. The maximum Gasteiger partial charge on any atom is 0.147 e. The van der Waals surface area contributed by atoms with E-state index < -0.39 is 6.10 Å². The number of ether oxygens (including phenoxy) is 1. The highest BCUT2D eigenvalue weighted by atomic mass is 16.5. The summed E-state index contributed by atoms with van der Waals surface area (Å²) in [6.07, 6.45) is -0.580. The van der Waals surface area contributed by atoms with Gasteiger partial charge in [0.15, 0.2) is 0 Å². The van der Waals surface area contributed by atoms with Gasteiger partial charge in [-0.25, -0.2) is 9.67 Å². The lowest BCUT2D eigenvalue weighted by Crippen LogP contribution is -2.23. The minimum atomic E-state index is -0.580. The Balaban J connectivity index is 1.76. The zero-order valence-electron chi connectivity index (χ0n) is 11.3. The Morgan fingerprint density at radius 1 is 1.26 bits per heavy atom. The van der Waals surface area contributed by atoms with Gasteiger partial charge in [0.05, 0.1) is 25.9 Å². The molecule has 0 fully saturated rings. The molecule has 0 spiro atoms. The number of benzene rings is 1. The standard InChI is InChI=1S/C14H19N3O2/c1-11-15-12(2)17(16-11)8-14(18)10-19-9-13-6-4-3-5-7-13/h3-7,14,18H,8-10H2,1-2H3/t14-/m0/s1. The van der Waals surface area contributed by atoms with Gasteiger partial charge in [-0.05, 0) is 19.4 Å². The number of aliphatic hydroxyl groups excluding tert-OH is 1. The number of nitrogens with zero attached hydrogens (tertiary/aromatic N) is 3. The first-order valence-electron chi connectivity index (χ1n) is 6.33. The number of hydrogen-bond acceptors (Lipinski definition) is 4. The molecular formula is C14H19N3O2. The molecule has 0 saturated heterocycles. The van der Waals surface area contributed by atoms with Gasteiger partial charge < -0.3 is 9.84 Å². The molecule has 0 bridgehead atoms. The minimum absolute atomic E-state index is 0.285. The average molecular weight is 261 g/mol. The van der Waals surface area contributed by atoms with Gasteiger partial charge in [0.25, 0.3) is 0 Å². The van der Waals surface area contributed by atoms with E-state index in [1.54, 1.807) is 4.68 Å². The van der Waals surface area contributed by atoms with Crippen LogP contribution in [-0.4, -0.2) is 32.6 Å². The van der Waals surface area contributed by atoms with Crippen LogP contribution in [0.1, 0.15) is 17.2 Å². The highest BCUT2D eigenvalue weighted by Crippen LogP contribution is 2.03. The van der Waals surface area contributed by atoms with E-state index in [0.717, 1.165) is 17.2 Å². The number of aliphatic hydroxyl groups is 1. The van der Waals surface area contributed by atoms with Crippen LogP contribution in [0.2, 0.25) is 0 Å². The molecule has 5 heteroatoms. The maximum atomic E-state index is 9.90. The molecule has 0 radical (unpaired) electrons. The van der Waals surface area contributed by atoms with E-state index in [9.17, 15) is 5.11 Å². The van der Waals surface area contributed by atoms with Crippen LogP contribution in [0, 0.1) is 13.8 Å². The first kappa shape index (κ1) is 13.7. The van der Waals surface area contributed by atoms with Crippen LogP contribution in [0.15, 0.2) is 30.3 Å². The summed E-state index contributed by atoms with van der Waals surface area (Å²) >= 11 is 0. The van der Waals surface area contributed by atoms with Crippen LogP contribution in [-0.2, 0) is 17.9 Å². The van der Waals surface area contributed by atoms with E-state index in [-0.39, 0.29) is 6.61 Å². The summed E-state index contributed by atoms with van der Waals surface area (Å²) in [7, 11) is 0. The van der Waals surface area contributed by atoms with Gasteiger partial charge in [-0.3, -0.25) is 0 Å². The Hall–Kier alpha value is -1.72. The molecule has 1 N–H and O–H groups in total. The van der Waals surface area contributed by atoms with Crippen molar-refractivity contribution in [1.82, 2.24) is 14.8 Å². The van der Waals surface area contributed by atoms with E-state index in [1.807, 2.05) is 44.2 Å². The summed E-state index contributed by atoms with van der Waals surface area (Å²) in [4.78, 5) is 4.19. The van der Waals surface area contributed by atoms with Crippen LogP contribution < -0.4 is 0 Å². The highest BCUT2D eigenvalue weighted by Gasteiger charge is 2.09. The summed E-state index contributed by atoms with van der Waals surface area (Å²) in [5, 5.41) is 14.1. The van der Waals surface area contributed by atoms with Gasteiger partial charge in [0.1, 0.15) is 11.6 Å². The van der Waals surface area contributed by atoms with Crippen molar-refractivity contribution >= 4 is 0 Å². The van der Waals surface area contributed by atoms with Gasteiger partial charge in [0, 0.05) is 0 Å². The Morgan fingerprint density at radius 3 is 2.63 bits per heavy atom. The van der Waals surface area contributed by atoms with Gasteiger partial charge >= 0.3 is 0 Å². The van der Waals surface area contributed by atoms with Gasteiger partial charge in [0.2, 0.25) is 0 Å². The lowest BCUT2D eigenvalue weighted by atomic mass is 10.2. The smallest absolute Gasteiger partial charge is 0.147 e.